The van der Waals surface area contributed by atoms with E-state index in [0.29, 0.717) is 6.07 Å². The monoisotopic (exact) mass is 296 g/mol. The SMILES string of the molecule is O=C(O)C(N=Nc1ccc(F)cc1F)C(=O)C(F)(F)F. The first-order valence-corrected chi connectivity index (χ1v) is 4.82. The van der Waals surface area contributed by atoms with Crippen molar-refractivity contribution in [2.24, 2.45) is 10.2 Å². The summed E-state index contributed by atoms with van der Waals surface area (Å²) in [7, 11) is 0. The third kappa shape index (κ3) is 3.80. The average Bonchev–Trinajstić information content (AvgIpc) is 2.30. The lowest BCUT2D eigenvalue weighted by Crippen LogP contribution is -2.38. The van der Waals surface area contributed by atoms with E-state index in [1.54, 1.807) is 0 Å². The van der Waals surface area contributed by atoms with Crippen molar-refractivity contribution >= 4 is 17.4 Å². The number of carbonyl (C=O) groups excluding carboxylic acids is 1. The molecule has 0 aromatic heterocycles. The summed E-state index contributed by atoms with van der Waals surface area (Å²) < 4.78 is 61.9. The molecule has 1 unspecified atom stereocenters. The first-order chi connectivity index (χ1) is 9.12. The highest BCUT2D eigenvalue weighted by Crippen LogP contribution is 2.22. The number of carboxylic acid groups (broad SMARTS) is 1. The number of alkyl halides is 3. The number of nitrogens with zero attached hydrogens (tertiary/aromatic N) is 2. The lowest BCUT2D eigenvalue weighted by Gasteiger charge is -2.08. The quantitative estimate of drug-likeness (QED) is 0.527. The summed E-state index contributed by atoms with van der Waals surface area (Å²) >= 11 is 0. The number of rotatable bonds is 4. The lowest BCUT2D eigenvalue weighted by molar-refractivity contribution is -0.175. The summed E-state index contributed by atoms with van der Waals surface area (Å²) in [5.74, 6) is -7.09. The number of hydrogen-bond donors (Lipinski definition) is 1. The number of carboxylic acids is 1. The minimum Gasteiger partial charge on any atom is -0.479 e. The molecular weight excluding hydrogens is 291 g/mol. The average molecular weight is 296 g/mol. The van der Waals surface area contributed by atoms with Crippen LogP contribution in [0, 0.1) is 11.6 Å². The van der Waals surface area contributed by atoms with E-state index in [9.17, 15) is 31.5 Å². The van der Waals surface area contributed by atoms with Crippen molar-refractivity contribution in [2.75, 3.05) is 0 Å². The Morgan fingerprint density at radius 2 is 1.80 bits per heavy atom. The Morgan fingerprint density at radius 1 is 1.20 bits per heavy atom. The van der Waals surface area contributed by atoms with Gasteiger partial charge in [0.25, 0.3) is 5.78 Å². The van der Waals surface area contributed by atoms with Crippen LogP contribution >= 0.6 is 0 Å². The van der Waals surface area contributed by atoms with Gasteiger partial charge in [-0.2, -0.15) is 23.4 Å². The van der Waals surface area contributed by atoms with E-state index in [1.807, 2.05) is 0 Å². The van der Waals surface area contributed by atoms with E-state index >= 15 is 0 Å². The molecule has 0 aliphatic carbocycles. The van der Waals surface area contributed by atoms with Crippen LogP contribution in [0.1, 0.15) is 0 Å². The summed E-state index contributed by atoms with van der Waals surface area (Å²) in [6.07, 6.45) is -5.43. The summed E-state index contributed by atoms with van der Waals surface area (Å²) in [5.41, 5.74) is -0.701. The Bertz CT molecular complexity index is 571. The number of azo groups is 1. The summed E-state index contributed by atoms with van der Waals surface area (Å²) in [6, 6.07) is -1.01. The van der Waals surface area contributed by atoms with Crippen LogP contribution in [0.4, 0.5) is 27.6 Å². The van der Waals surface area contributed by atoms with Gasteiger partial charge in [-0.15, -0.1) is 0 Å². The van der Waals surface area contributed by atoms with Crippen molar-refractivity contribution in [3.05, 3.63) is 29.8 Å². The van der Waals surface area contributed by atoms with Crippen molar-refractivity contribution in [1.82, 2.24) is 0 Å². The van der Waals surface area contributed by atoms with Gasteiger partial charge >= 0.3 is 12.1 Å². The fraction of sp³-hybridized carbons (Fsp3) is 0.200. The van der Waals surface area contributed by atoms with Gasteiger partial charge in [0.1, 0.15) is 11.5 Å². The molecule has 1 rings (SSSR count). The Hall–Kier alpha value is -2.39. The fourth-order valence-electron chi connectivity index (χ4n) is 1.05. The molecule has 0 radical (unpaired) electrons. The number of halogens is 5. The van der Waals surface area contributed by atoms with Crippen molar-refractivity contribution in [2.45, 2.75) is 12.2 Å². The maximum absolute atomic E-state index is 13.1. The molecule has 1 N–H and O–H groups in total. The minimum absolute atomic E-state index is 0.371. The zero-order valence-corrected chi connectivity index (χ0v) is 9.36. The molecule has 1 atom stereocenters. The predicted molar refractivity (Wildman–Crippen MR) is 53.4 cm³/mol. The van der Waals surface area contributed by atoms with Crippen LogP contribution in [-0.2, 0) is 9.59 Å². The Labute approximate surface area is 107 Å². The Kier molecular flexibility index (Phi) is 4.48. The molecule has 0 aliphatic rings. The normalized spacial score (nSPS) is 13.4. The van der Waals surface area contributed by atoms with Crippen LogP contribution < -0.4 is 0 Å². The first kappa shape index (κ1) is 15.7. The van der Waals surface area contributed by atoms with Gasteiger partial charge in [-0.25, -0.2) is 13.6 Å². The molecular formula is C10H5F5N2O3. The second-order valence-electron chi connectivity index (χ2n) is 3.41. The molecule has 5 nitrogen and oxygen atoms in total. The highest BCUT2D eigenvalue weighted by Gasteiger charge is 2.47. The first-order valence-electron chi connectivity index (χ1n) is 4.82. The van der Waals surface area contributed by atoms with E-state index < -0.39 is 41.3 Å². The third-order valence-electron chi connectivity index (χ3n) is 1.95. The highest BCUT2D eigenvalue weighted by molar-refractivity contribution is 6.05. The van der Waals surface area contributed by atoms with Gasteiger partial charge in [0.05, 0.1) is 0 Å². The number of hydrogen-bond acceptors (Lipinski definition) is 4. The van der Waals surface area contributed by atoms with Gasteiger partial charge in [0.2, 0.25) is 6.04 Å². The van der Waals surface area contributed by atoms with Crippen LogP contribution in [0.3, 0.4) is 0 Å². The second kappa shape index (κ2) is 5.72. The van der Waals surface area contributed by atoms with Crippen LogP contribution in [0.2, 0.25) is 0 Å². The maximum atomic E-state index is 13.1. The van der Waals surface area contributed by atoms with Crippen LogP contribution in [0.25, 0.3) is 0 Å². The predicted octanol–water partition coefficient (Wildman–Crippen LogP) is 2.63. The molecule has 1 aromatic carbocycles. The number of ketones is 1. The molecule has 0 fully saturated rings. The van der Waals surface area contributed by atoms with E-state index in [0.717, 1.165) is 12.1 Å². The van der Waals surface area contributed by atoms with Crippen LogP contribution in [-0.4, -0.2) is 29.1 Å². The van der Waals surface area contributed by atoms with Gasteiger partial charge in [0.15, 0.2) is 5.82 Å². The molecule has 0 spiro atoms. The standard InChI is InChI=1S/C10H5F5N2O3/c11-4-1-2-6(5(12)3-4)16-17-7(9(19)20)8(18)10(13,14)15/h1-3,7H,(H,19,20). The number of carbonyl (C=O) groups is 2. The van der Waals surface area contributed by atoms with Gasteiger partial charge in [0, 0.05) is 6.07 Å². The summed E-state index contributed by atoms with van der Waals surface area (Å²) in [4.78, 5) is 21.3. The fourth-order valence-corrected chi connectivity index (χ4v) is 1.05. The van der Waals surface area contributed by atoms with Gasteiger partial charge < -0.3 is 5.11 Å². The molecule has 0 aliphatic heterocycles. The second-order valence-corrected chi connectivity index (χ2v) is 3.41. The van der Waals surface area contributed by atoms with E-state index in [2.05, 4.69) is 10.2 Å². The molecule has 0 saturated carbocycles. The number of aliphatic carboxylic acids is 1. The van der Waals surface area contributed by atoms with Crippen molar-refractivity contribution in [3.8, 4) is 0 Å². The molecule has 0 bridgehead atoms. The van der Waals surface area contributed by atoms with E-state index in [4.69, 9.17) is 5.11 Å². The van der Waals surface area contributed by atoms with Crippen molar-refractivity contribution in [3.63, 3.8) is 0 Å². The molecule has 0 saturated heterocycles. The van der Waals surface area contributed by atoms with Crippen LogP contribution in [0.5, 0.6) is 0 Å². The molecule has 0 heterocycles. The smallest absolute Gasteiger partial charge is 0.453 e. The van der Waals surface area contributed by atoms with Crippen LogP contribution in [0.15, 0.2) is 28.4 Å². The number of benzene rings is 1. The molecule has 1 aromatic rings. The third-order valence-corrected chi connectivity index (χ3v) is 1.95. The zero-order valence-electron chi connectivity index (χ0n) is 9.36. The summed E-state index contributed by atoms with van der Waals surface area (Å²) in [5, 5.41) is 14.0. The number of Topliss-reactive ketones (excluding diaryl/α,β-unsaturated/α-hetero) is 1. The molecule has 108 valence electrons. The Balaban J connectivity index is 3.05. The van der Waals surface area contributed by atoms with Gasteiger partial charge in [-0.05, 0) is 12.1 Å². The molecule has 10 heteroatoms. The van der Waals surface area contributed by atoms with Crippen molar-refractivity contribution in [1.29, 1.82) is 0 Å². The highest BCUT2D eigenvalue weighted by atomic mass is 19.4. The van der Waals surface area contributed by atoms with Gasteiger partial charge in [-0.3, -0.25) is 4.79 Å². The molecule has 20 heavy (non-hydrogen) atoms. The van der Waals surface area contributed by atoms with Gasteiger partial charge in [-0.1, -0.05) is 0 Å². The largest absolute Gasteiger partial charge is 0.479 e. The maximum Gasteiger partial charge on any atom is 0.453 e. The van der Waals surface area contributed by atoms with E-state index in [-0.39, 0.29) is 0 Å². The Morgan fingerprint density at radius 3 is 2.25 bits per heavy atom. The molecule has 0 amide bonds. The zero-order chi connectivity index (χ0) is 15.5. The van der Waals surface area contributed by atoms with E-state index in [1.165, 1.54) is 0 Å². The lowest BCUT2D eigenvalue weighted by atomic mass is 10.2. The topological polar surface area (TPSA) is 79.1 Å². The summed E-state index contributed by atoms with van der Waals surface area (Å²) in [6.45, 7) is 0. The minimum atomic E-state index is -5.43. The van der Waals surface area contributed by atoms with Crippen molar-refractivity contribution < 1.29 is 36.6 Å².